The first-order chi connectivity index (χ1) is 21.8. The number of hydrogen-bond acceptors (Lipinski definition) is 7. The van der Waals surface area contributed by atoms with Gasteiger partial charge in [0.2, 0.25) is 0 Å². The number of carbonyl (C=O) groups excluding carboxylic acids is 1. The van der Waals surface area contributed by atoms with E-state index in [0.717, 1.165) is 54.4 Å². The number of aromatic nitrogens is 2. The molecule has 262 valence electrons. The van der Waals surface area contributed by atoms with Crippen LogP contribution in [0.4, 0.5) is 0 Å². The van der Waals surface area contributed by atoms with Gasteiger partial charge in [-0.3, -0.25) is 9.78 Å². The molecule has 0 aliphatic rings. The third-order valence-corrected chi connectivity index (χ3v) is 37.2. The van der Waals surface area contributed by atoms with Crippen molar-refractivity contribution in [3.05, 3.63) is 111 Å². The van der Waals surface area contributed by atoms with Crippen molar-refractivity contribution in [2.45, 2.75) is 27.7 Å². The number of hydrogen-bond donors (Lipinski definition) is 2. The molecule has 0 bridgehead atoms. The zero-order chi connectivity index (χ0) is 35.1. The van der Waals surface area contributed by atoms with Crippen molar-refractivity contribution in [3.8, 4) is 11.3 Å². The first-order valence-electron chi connectivity index (χ1n) is 12.9. The molecule has 8 unspecified atom stereocenters. The van der Waals surface area contributed by atoms with Gasteiger partial charge in [-0.25, -0.2) is 4.98 Å². The summed E-state index contributed by atoms with van der Waals surface area (Å²) in [6.07, 6.45) is 3.60. The second kappa shape index (κ2) is 37.9. The zero-order valence-corrected chi connectivity index (χ0v) is 46.2. The maximum Gasteiger partial charge on any atom is 1.00 e. The summed E-state index contributed by atoms with van der Waals surface area (Å²) in [4.78, 5) is 19.5. The molecule has 8 atom stereocenters. The molecular weight excluding hydrogens is 982 g/mol. The van der Waals surface area contributed by atoms with Crippen LogP contribution in [-0.4, -0.2) is 33.6 Å². The number of nitrogens with zero attached hydrogens (tertiary/aromatic N) is 2. The third kappa shape index (κ3) is 31.1. The first kappa shape index (κ1) is 60.1. The van der Waals surface area contributed by atoms with Crippen molar-refractivity contribution < 1.29 is 150 Å². The number of halogens is 3. The van der Waals surface area contributed by atoms with Gasteiger partial charge in [0.15, 0.2) is 0 Å². The van der Waals surface area contributed by atoms with Gasteiger partial charge in [-0.05, 0) is 86.7 Å². The number of pyridine rings is 2. The average molecular weight is 1020 g/mol. The fraction of sp³-hybridized carbons (Fsp3) is 0.148. The van der Waals surface area contributed by atoms with E-state index >= 15 is 0 Å². The molecular formula is C27H38BCl3K2N2O5P8Pd. The van der Waals surface area contributed by atoms with Gasteiger partial charge in [0.05, 0.1) is 5.69 Å². The van der Waals surface area contributed by atoms with Crippen molar-refractivity contribution in [3.63, 3.8) is 0 Å². The number of aryl methyl sites for hydroxylation is 4. The SMILES string of the molecule is Cc1ccc(-c2ccc(C)c(Cl)c2)nc1.Cc1ccc(B(O)O)cc1Cl.Cc1ccc(Cl)nc1.O=CO[O-].PPPPP(P)PP.[H-].[K+].[K+].[Pd]. The molecule has 2 aromatic heterocycles. The minimum atomic E-state index is -1.44. The van der Waals surface area contributed by atoms with Gasteiger partial charge >= 0.3 is 110 Å². The third-order valence-electron chi connectivity index (χ3n) is 5.18. The second-order valence-corrected chi connectivity index (χ2v) is 32.9. The summed E-state index contributed by atoms with van der Waals surface area (Å²) in [5, 5.41) is 27.8. The van der Waals surface area contributed by atoms with Crippen molar-refractivity contribution in [2.75, 3.05) is 0 Å². The summed E-state index contributed by atoms with van der Waals surface area (Å²) in [6, 6.07) is 18.7. The van der Waals surface area contributed by atoms with Crippen LogP contribution >= 0.6 is 100 Å². The molecule has 2 N–H and O–H groups in total. The second-order valence-electron chi connectivity index (χ2n) is 8.80. The van der Waals surface area contributed by atoms with Crippen LogP contribution in [0.1, 0.15) is 23.7 Å². The molecule has 0 saturated heterocycles. The molecule has 22 heteroatoms. The van der Waals surface area contributed by atoms with E-state index in [2.05, 4.69) is 47.7 Å². The average Bonchev–Trinajstić information content (AvgIpc) is 3.05. The molecule has 7 nitrogen and oxygen atoms in total. The van der Waals surface area contributed by atoms with Crippen molar-refractivity contribution in [2.24, 2.45) is 0 Å². The summed E-state index contributed by atoms with van der Waals surface area (Å²) in [7, 11) is 11.8. The predicted octanol–water partition coefficient (Wildman–Crippen LogP) is 3.16. The van der Waals surface area contributed by atoms with E-state index in [1.165, 1.54) is 15.9 Å². The van der Waals surface area contributed by atoms with Crippen LogP contribution in [0.5, 0.6) is 0 Å². The summed E-state index contributed by atoms with van der Waals surface area (Å²) < 4.78 is 0. The minimum absolute atomic E-state index is 0. The van der Waals surface area contributed by atoms with Gasteiger partial charge in [-0.1, -0.05) is 103 Å². The fourth-order valence-electron chi connectivity index (χ4n) is 2.73. The Hall–Kier alpha value is 4.40. The van der Waals surface area contributed by atoms with Gasteiger partial charge in [-0.15, -0.1) is 26.8 Å². The van der Waals surface area contributed by atoms with E-state index in [0.29, 0.717) is 22.6 Å². The topological polar surface area (TPSA) is 116 Å². The maximum absolute atomic E-state index is 8.74. The Kier molecular flexibility index (Phi) is 46.5. The molecule has 4 aromatic rings. The Labute approximate surface area is 421 Å². The molecule has 0 radical (unpaired) electrons. The van der Waals surface area contributed by atoms with Gasteiger partial charge in [0, 0.05) is 48.4 Å². The first-order valence-corrected chi connectivity index (χ1v) is 28.3. The van der Waals surface area contributed by atoms with Gasteiger partial charge in [0.25, 0.3) is 6.47 Å². The van der Waals surface area contributed by atoms with E-state index in [4.69, 9.17) is 54.9 Å². The Bertz CT molecular complexity index is 1420. The Morgan fingerprint density at radius 2 is 1.39 bits per heavy atom. The molecule has 0 aliphatic carbocycles. The van der Waals surface area contributed by atoms with Gasteiger partial charge in [0.1, 0.15) is 5.15 Å². The van der Waals surface area contributed by atoms with Crippen molar-refractivity contribution in [1.82, 2.24) is 9.97 Å². The Morgan fingerprint density at radius 1 is 0.878 bits per heavy atom. The minimum Gasteiger partial charge on any atom is -1.00 e. The van der Waals surface area contributed by atoms with E-state index in [9.17, 15) is 0 Å². The monoisotopic (exact) mass is 1020 g/mol. The molecule has 0 aliphatic heterocycles. The van der Waals surface area contributed by atoms with Crippen molar-refractivity contribution in [1.29, 1.82) is 0 Å². The van der Waals surface area contributed by atoms with Crippen LogP contribution in [0.15, 0.2) is 73.1 Å². The van der Waals surface area contributed by atoms with E-state index in [-0.39, 0.29) is 131 Å². The molecule has 2 heterocycles. The summed E-state index contributed by atoms with van der Waals surface area (Å²) >= 11 is 17.3. The van der Waals surface area contributed by atoms with Crippen LogP contribution in [-0.2, 0) is 30.1 Å². The maximum atomic E-state index is 8.74. The van der Waals surface area contributed by atoms with Crippen LogP contribution in [0.3, 0.4) is 0 Å². The molecule has 0 fully saturated rings. The predicted molar refractivity (Wildman–Crippen MR) is 222 cm³/mol. The normalized spacial score (nSPS) is 10.6. The summed E-state index contributed by atoms with van der Waals surface area (Å²) in [5.41, 5.74) is 6.75. The summed E-state index contributed by atoms with van der Waals surface area (Å²) in [6.45, 7) is 8.03. The van der Waals surface area contributed by atoms with Crippen LogP contribution in [0.2, 0.25) is 15.2 Å². The smallest absolute Gasteiger partial charge is 1.00 e. The number of carbonyl (C=O) groups is 1. The quantitative estimate of drug-likeness (QED) is 0.0731. The van der Waals surface area contributed by atoms with E-state index < -0.39 is 7.12 Å². The van der Waals surface area contributed by atoms with Crippen molar-refractivity contribution >= 4 is 119 Å². The molecule has 4 rings (SSSR count). The standard InChI is InChI=1S/C13H12ClN.C7H8BClO2.C6H6ClN.CH2O3.2K.H10P8.Pd.H/c1-9-3-6-13(15-8-9)11-5-4-10(2)12(14)7-11;1-5-2-3-6(8(10)11)4-7(5)9;1-5-2-3-6(7)8-4-5;2-1-4-3;;;1-4-6-7-8(3)5-2;;/h3-8H,1-2H3;2-4,10-11H,1H3;2-4H,1H3;1,3H;;;4-7H,1-3H2;;/q;;;;2*+1;;;-1/p-1. The largest absolute Gasteiger partial charge is 1.00 e. The van der Waals surface area contributed by atoms with Gasteiger partial charge < -0.3 is 21.6 Å². The van der Waals surface area contributed by atoms with Crippen LogP contribution in [0, 0.1) is 27.7 Å². The number of rotatable bonds is 7. The van der Waals surface area contributed by atoms with Crippen LogP contribution in [0.25, 0.3) is 11.3 Å². The molecule has 0 saturated carbocycles. The Balaban J connectivity index is -0.000000174. The summed E-state index contributed by atoms with van der Waals surface area (Å²) in [5.74, 6) is 0. The fourth-order valence-corrected chi connectivity index (χ4v) is 33.4. The zero-order valence-electron chi connectivity index (χ0n) is 28.7. The van der Waals surface area contributed by atoms with Crippen LogP contribution < -0.4 is 113 Å². The molecule has 49 heavy (non-hydrogen) atoms. The Morgan fingerprint density at radius 3 is 1.76 bits per heavy atom. The van der Waals surface area contributed by atoms with E-state index in [1.807, 2.05) is 64.2 Å². The molecule has 0 spiro atoms. The molecule has 2 aromatic carbocycles. The number of benzene rings is 2. The van der Waals surface area contributed by atoms with Gasteiger partial charge in [-0.2, -0.15) is 0 Å². The molecule has 0 amide bonds. The van der Waals surface area contributed by atoms with E-state index in [1.54, 1.807) is 30.5 Å².